The summed E-state index contributed by atoms with van der Waals surface area (Å²) in [7, 11) is 3.18. The maximum atomic E-state index is 11.0. The first-order valence-corrected chi connectivity index (χ1v) is 12.6. The first-order chi connectivity index (χ1) is 19.6. The van der Waals surface area contributed by atoms with E-state index in [1.165, 1.54) is 0 Å². The van der Waals surface area contributed by atoms with E-state index in [-0.39, 0.29) is 12.3 Å². The first kappa shape index (κ1) is 26.7. The highest BCUT2D eigenvalue weighted by Crippen LogP contribution is 2.32. The van der Waals surface area contributed by atoms with E-state index < -0.39 is 12.2 Å². The maximum absolute atomic E-state index is 11.0. The molecule has 2 atom stereocenters. The Bertz CT molecular complexity index is 1600. The average molecular weight is 537 g/mol. The van der Waals surface area contributed by atoms with Gasteiger partial charge in [0.25, 0.3) is 0 Å². The number of rotatable bonds is 10. The molecule has 9 nitrogen and oxygen atoms in total. The van der Waals surface area contributed by atoms with Gasteiger partial charge < -0.3 is 24.4 Å². The lowest BCUT2D eigenvalue weighted by molar-refractivity contribution is 0.0145. The summed E-state index contributed by atoms with van der Waals surface area (Å²) in [5.41, 5.74) is 2.89. The number of methoxy groups -OCH3 is 2. The minimum atomic E-state index is -1.29. The van der Waals surface area contributed by atoms with Crippen molar-refractivity contribution in [3.8, 4) is 40.0 Å². The summed E-state index contributed by atoms with van der Waals surface area (Å²) in [4.78, 5) is 17.8. The second kappa shape index (κ2) is 12.3. The largest absolute Gasteiger partial charge is 0.496 e. The third-order valence-corrected chi connectivity index (χ3v) is 6.27. The van der Waals surface area contributed by atoms with Crippen molar-refractivity contribution < 1.29 is 24.4 Å². The maximum Gasteiger partial charge on any atom is 0.163 e. The van der Waals surface area contributed by atoms with Gasteiger partial charge in [0.2, 0.25) is 0 Å². The average Bonchev–Trinajstić information content (AvgIpc) is 3.03. The van der Waals surface area contributed by atoms with Gasteiger partial charge >= 0.3 is 0 Å². The molecule has 5 aromatic rings. The molecular weight excluding hydrogens is 508 g/mol. The van der Waals surface area contributed by atoms with E-state index in [9.17, 15) is 10.2 Å². The van der Waals surface area contributed by atoms with Crippen molar-refractivity contribution in [2.45, 2.75) is 18.8 Å². The van der Waals surface area contributed by atoms with E-state index in [1.807, 2.05) is 48.5 Å². The van der Waals surface area contributed by atoms with Crippen LogP contribution in [0.25, 0.3) is 22.8 Å². The summed E-state index contributed by atoms with van der Waals surface area (Å²) in [6, 6.07) is 25.1. The van der Waals surface area contributed by atoms with Crippen molar-refractivity contribution >= 4 is 0 Å². The number of nitrogens with zero attached hydrogens (tertiary/aromatic N) is 4. The predicted octanol–water partition coefficient (Wildman–Crippen LogP) is 4.96. The van der Waals surface area contributed by atoms with E-state index in [1.54, 1.807) is 63.0 Å². The van der Waals surface area contributed by atoms with Crippen LogP contribution in [0.2, 0.25) is 0 Å². The van der Waals surface area contributed by atoms with Crippen LogP contribution in [-0.4, -0.2) is 44.4 Å². The van der Waals surface area contributed by atoms with Gasteiger partial charge in [-0.2, -0.15) is 0 Å². The fourth-order valence-electron chi connectivity index (χ4n) is 4.22. The number of hydrogen-bond donors (Lipinski definition) is 2. The van der Waals surface area contributed by atoms with Crippen LogP contribution < -0.4 is 14.2 Å². The summed E-state index contributed by atoms with van der Waals surface area (Å²) in [5.74, 6) is 2.72. The zero-order valence-electron chi connectivity index (χ0n) is 22.0. The Balaban J connectivity index is 1.30. The highest BCUT2D eigenvalue weighted by molar-refractivity contribution is 5.64. The molecule has 2 unspecified atom stereocenters. The minimum absolute atomic E-state index is 0.181. The molecule has 0 saturated heterocycles. The van der Waals surface area contributed by atoms with Crippen molar-refractivity contribution in [2.75, 3.05) is 14.2 Å². The van der Waals surface area contributed by atoms with Crippen LogP contribution in [-0.2, 0) is 6.61 Å². The molecule has 0 aliphatic heterocycles. The van der Waals surface area contributed by atoms with Gasteiger partial charge in [0.05, 0.1) is 36.7 Å². The molecule has 40 heavy (non-hydrogen) atoms. The lowest BCUT2D eigenvalue weighted by atomic mass is 10.0. The lowest BCUT2D eigenvalue weighted by Gasteiger charge is -2.19. The molecule has 0 aliphatic carbocycles. The fourth-order valence-corrected chi connectivity index (χ4v) is 4.22. The molecular formula is C31H28N4O5. The quantitative estimate of drug-likeness (QED) is 0.255. The second-order valence-electron chi connectivity index (χ2n) is 8.83. The molecule has 0 fully saturated rings. The lowest BCUT2D eigenvalue weighted by Crippen LogP contribution is -2.13. The molecule has 0 saturated carbocycles. The van der Waals surface area contributed by atoms with Crippen molar-refractivity contribution in [3.05, 3.63) is 114 Å². The van der Waals surface area contributed by atoms with Crippen LogP contribution in [0.3, 0.4) is 0 Å². The molecule has 9 heteroatoms. The monoisotopic (exact) mass is 536 g/mol. The van der Waals surface area contributed by atoms with Crippen molar-refractivity contribution in [3.63, 3.8) is 0 Å². The Morgan fingerprint density at radius 1 is 0.675 bits per heavy atom. The zero-order valence-corrected chi connectivity index (χ0v) is 22.0. The van der Waals surface area contributed by atoms with Crippen molar-refractivity contribution in [1.29, 1.82) is 0 Å². The first-order valence-electron chi connectivity index (χ1n) is 12.6. The minimum Gasteiger partial charge on any atom is -0.496 e. The smallest absolute Gasteiger partial charge is 0.163 e. The van der Waals surface area contributed by atoms with Crippen LogP contribution in [0.1, 0.15) is 29.2 Å². The molecule has 0 bridgehead atoms. The van der Waals surface area contributed by atoms with Crippen LogP contribution in [0.4, 0.5) is 0 Å². The molecule has 2 aromatic heterocycles. The van der Waals surface area contributed by atoms with Gasteiger partial charge in [0.15, 0.2) is 11.6 Å². The summed E-state index contributed by atoms with van der Waals surface area (Å²) in [6.07, 6.45) is 0.670. The van der Waals surface area contributed by atoms with E-state index in [0.717, 1.165) is 5.56 Å². The molecule has 0 aliphatic rings. The van der Waals surface area contributed by atoms with Crippen molar-refractivity contribution in [2.24, 2.45) is 0 Å². The van der Waals surface area contributed by atoms with Gasteiger partial charge in [-0.15, -0.1) is 0 Å². The number of aliphatic hydroxyl groups is 2. The molecule has 0 radical (unpaired) electrons. The number of hydrogen-bond acceptors (Lipinski definition) is 9. The molecule has 202 valence electrons. The SMILES string of the molecule is COc1ccccc1-c1nccc(COc2cccc(C(O)C(O)c3ccnc(-c4ccccc4OC)n3)c2)n1. The van der Waals surface area contributed by atoms with Gasteiger partial charge in [-0.25, -0.2) is 19.9 Å². The standard InChI is InChI=1S/C31H28N4O5/c1-38-26-12-5-3-10-23(26)30-32-16-14-21(34-30)19-40-22-9-7-8-20(18-22)28(36)29(37)25-15-17-33-31(35-25)24-11-4-6-13-27(24)39-2/h3-18,28-29,36-37H,19H2,1-2H3. The third kappa shape index (κ3) is 5.90. The predicted molar refractivity (Wildman–Crippen MR) is 149 cm³/mol. The van der Waals surface area contributed by atoms with Gasteiger partial charge in [-0.1, -0.05) is 36.4 Å². The highest BCUT2D eigenvalue weighted by atomic mass is 16.5. The molecule has 2 heterocycles. The molecule has 2 N–H and O–H groups in total. The van der Waals surface area contributed by atoms with Gasteiger partial charge in [-0.05, 0) is 54.1 Å². The molecule has 0 amide bonds. The molecule has 0 spiro atoms. The van der Waals surface area contributed by atoms with Gasteiger partial charge in [0.1, 0.15) is 36.1 Å². The van der Waals surface area contributed by atoms with Crippen LogP contribution in [0.15, 0.2) is 97.3 Å². The third-order valence-electron chi connectivity index (χ3n) is 6.27. The van der Waals surface area contributed by atoms with Gasteiger partial charge in [-0.3, -0.25) is 0 Å². The Kier molecular flexibility index (Phi) is 8.24. The van der Waals surface area contributed by atoms with Crippen LogP contribution >= 0.6 is 0 Å². The molecule has 5 rings (SSSR count). The number of para-hydroxylation sites is 2. The van der Waals surface area contributed by atoms with E-state index in [0.29, 0.717) is 45.7 Å². The van der Waals surface area contributed by atoms with E-state index in [4.69, 9.17) is 14.2 Å². The van der Waals surface area contributed by atoms with Crippen molar-refractivity contribution in [1.82, 2.24) is 19.9 Å². The normalized spacial score (nSPS) is 12.4. The Morgan fingerprint density at radius 2 is 1.30 bits per heavy atom. The van der Waals surface area contributed by atoms with Crippen LogP contribution in [0, 0.1) is 0 Å². The topological polar surface area (TPSA) is 120 Å². The van der Waals surface area contributed by atoms with Crippen LogP contribution in [0.5, 0.6) is 17.2 Å². The van der Waals surface area contributed by atoms with E-state index in [2.05, 4.69) is 19.9 Å². The Morgan fingerprint density at radius 3 is 1.98 bits per heavy atom. The number of ether oxygens (including phenoxy) is 3. The Labute approximate surface area is 231 Å². The number of aliphatic hydroxyl groups excluding tert-OH is 2. The van der Waals surface area contributed by atoms with E-state index >= 15 is 0 Å². The highest BCUT2D eigenvalue weighted by Gasteiger charge is 2.23. The fraction of sp³-hybridized carbons (Fsp3) is 0.161. The summed E-state index contributed by atoms with van der Waals surface area (Å²) < 4.78 is 16.8. The second-order valence-corrected chi connectivity index (χ2v) is 8.83. The number of aromatic nitrogens is 4. The zero-order chi connectivity index (χ0) is 27.9. The summed E-state index contributed by atoms with van der Waals surface area (Å²) >= 11 is 0. The summed E-state index contributed by atoms with van der Waals surface area (Å²) in [6.45, 7) is 0.181. The number of benzene rings is 3. The Hall–Kier alpha value is -4.86. The molecule has 3 aromatic carbocycles. The van der Waals surface area contributed by atoms with Gasteiger partial charge in [0, 0.05) is 12.4 Å². The summed E-state index contributed by atoms with van der Waals surface area (Å²) in [5, 5.41) is 22.0.